The largest absolute Gasteiger partial charge is 0.349 e. The first-order chi connectivity index (χ1) is 8.33. The highest BCUT2D eigenvalue weighted by Gasteiger charge is 2.56. The SMILES string of the molecule is CCCC1CCCC2(OCC(C)(C)CO2)C1(C)C. The van der Waals surface area contributed by atoms with E-state index in [0.29, 0.717) is 0 Å². The molecule has 0 aromatic carbocycles. The molecule has 2 nitrogen and oxygen atoms in total. The third kappa shape index (κ3) is 2.34. The van der Waals surface area contributed by atoms with Crippen molar-refractivity contribution in [2.45, 2.75) is 72.5 Å². The van der Waals surface area contributed by atoms with Crippen LogP contribution in [0.25, 0.3) is 0 Å². The Bertz CT molecular complexity index is 281. The number of hydrogen-bond donors (Lipinski definition) is 0. The van der Waals surface area contributed by atoms with Gasteiger partial charge >= 0.3 is 0 Å². The average molecular weight is 254 g/mol. The molecule has 0 amide bonds. The Morgan fingerprint density at radius 2 is 1.67 bits per heavy atom. The molecule has 18 heavy (non-hydrogen) atoms. The summed E-state index contributed by atoms with van der Waals surface area (Å²) in [7, 11) is 0. The first kappa shape index (κ1) is 14.3. The molecule has 1 heterocycles. The first-order valence-corrected chi connectivity index (χ1v) is 7.61. The van der Waals surface area contributed by atoms with Crippen molar-refractivity contribution in [3.63, 3.8) is 0 Å². The standard InChI is InChI=1S/C16H30O2/c1-6-8-13-9-7-10-16(15(13,4)5)17-11-14(2,3)12-18-16/h13H,6-12H2,1-5H3. The van der Waals surface area contributed by atoms with Gasteiger partial charge in [0.15, 0.2) is 5.79 Å². The minimum atomic E-state index is -0.319. The van der Waals surface area contributed by atoms with Crippen LogP contribution in [0.2, 0.25) is 0 Å². The van der Waals surface area contributed by atoms with Gasteiger partial charge in [-0.2, -0.15) is 0 Å². The van der Waals surface area contributed by atoms with Gasteiger partial charge in [-0.1, -0.05) is 41.0 Å². The van der Waals surface area contributed by atoms with Crippen molar-refractivity contribution in [2.24, 2.45) is 16.7 Å². The van der Waals surface area contributed by atoms with Crippen LogP contribution in [0.15, 0.2) is 0 Å². The lowest BCUT2D eigenvalue weighted by Crippen LogP contribution is -2.60. The summed E-state index contributed by atoms with van der Waals surface area (Å²) in [4.78, 5) is 0. The van der Waals surface area contributed by atoms with Gasteiger partial charge in [0.25, 0.3) is 0 Å². The van der Waals surface area contributed by atoms with Gasteiger partial charge in [-0.25, -0.2) is 0 Å². The summed E-state index contributed by atoms with van der Waals surface area (Å²) >= 11 is 0. The summed E-state index contributed by atoms with van der Waals surface area (Å²) in [6.45, 7) is 13.1. The van der Waals surface area contributed by atoms with Gasteiger partial charge in [0.05, 0.1) is 13.2 Å². The molecule has 2 heteroatoms. The topological polar surface area (TPSA) is 18.5 Å². The van der Waals surface area contributed by atoms with Crippen LogP contribution >= 0.6 is 0 Å². The maximum Gasteiger partial charge on any atom is 0.173 e. The molecule has 1 spiro atoms. The second-order valence-electron chi connectivity index (χ2n) is 7.59. The van der Waals surface area contributed by atoms with Crippen LogP contribution in [0.5, 0.6) is 0 Å². The van der Waals surface area contributed by atoms with Crippen molar-refractivity contribution >= 4 is 0 Å². The summed E-state index contributed by atoms with van der Waals surface area (Å²) in [6.07, 6.45) is 6.20. The quantitative estimate of drug-likeness (QED) is 0.728. The third-order valence-corrected chi connectivity index (χ3v) is 5.09. The molecule has 0 aromatic heterocycles. The average Bonchev–Trinajstić information content (AvgIpc) is 2.29. The van der Waals surface area contributed by atoms with Crippen LogP contribution in [0.4, 0.5) is 0 Å². The fourth-order valence-corrected chi connectivity index (χ4v) is 3.65. The molecule has 2 fully saturated rings. The minimum absolute atomic E-state index is 0.137. The molecule has 1 saturated carbocycles. The van der Waals surface area contributed by atoms with E-state index in [2.05, 4.69) is 34.6 Å². The first-order valence-electron chi connectivity index (χ1n) is 7.61. The maximum absolute atomic E-state index is 6.29. The van der Waals surface area contributed by atoms with Crippen molar-refractivity contribution in [3.8, 4) is 0 Å². The van der Waals surface area contributed by atoms with E-state index in [-0.39, 0.29) is 16.6 Å². The van der Waals surface area contributed by atoms with Crippen LogP contribution in [-0.4, -0.2) is 19.0 Å². The van der Waals surface area contributed by atoms with Crippen LogP contribution in [-0.2, 0) is 9.47 Å². The fourth-order valence-electron chi connectivity index (χ4n) is 3.65. The molecule has 0 N–H and O–H groups in total. The third-order valence-electron chi connectivity index (χ3n) is 5.09. The molecule has 1 unspecified atom stereocenters. The van der Waals surface area contributed by atoms with E-state index in [0.717, 1.165) is 25.6 Å². The van der Waals surface area contributed by atoms with E-state index in [9.17, 15) is 0 Å². The van der Waals surface area contributed by atoms with E-state index < -0.39 is 0 Å². The predicted octanol–water partition coefficient (Wildman–Crippen LogP) is 4.38. The Hall–Kier alpha value is -0.0800. The molecule has 1 aliphatic carbocycles. The Morgan fingerprint density at radius 1 is 1.06 bits per heavy atom. The van der Waals surface area contributed by atoms with Crippen LogP contribution in [0.1, 0.15) is 66.7 Å². The summed E-state index contributed by atoms with van der Waals surface area (Å²) in [5.74, 6) is 0.415. The Morgan fingerprint density at radius 3 is 2.22 bits per heavy atom. The van der Waals surface area contributed by atoms with Crippen molar-refractivity contribution in [1.29, 1.82) is 0 Å². The molecule has 106 valence electrons. The Labute approximate surface area is 112 Å². The molecular formula is C16H30O2. The van der Waals surface area contributed by atoms with Gasteiger partial charge in [0, 0.05) is 17.3 Å². The van der Waals surface area contributed by atoms with E-state index in [4.69, 9.17) is 9.47 Å². The van der Waals surface area contributed by atoms with E-state index in [1.54, 1.807) is 0 Å². The lowest BCUT2D eigenvalue weighted by molar-refractivity contribution is -0.363. The normalized spacial score (nSPS) is 33.5. The van der Waals surface area contributed by atoms with Gasteiger partial charge in [0.2, 0.25) is 0 Å². The van der Waals surface area contributed by atoms with Gasteiger partial charge in [-0.05, 0) is 25.2 Å². The molecule has 0 radical (unpaired) electrons. The van der Waals surface area contributed by atoms with E-state index in [1.165, 1.54) is 25.7 Å². The zero-order valence-electron chi connectivity index (χ0n) is 12.8. The number of rotatable bonds is 2. The van der Waals surface area contributed by atoms with Crippen LogP contribution in [0, 0.1) is 16.7 Å². The van der Waals surface area contributed by atoms with Crippen LogP contribution < -0.4 is 0 Å². The molecule has 0 bridgehead atoms. The van der Waals surface area contributed by atoms with Crippen molar-refractivity contribution < 1.29 is 9.47 Å². The molecule has 0 aromatic rings. The van der Waals surface area contributed by atoms with Gasteiger partial charge in [-0.15, -0.1) is 0 Å². The summed E-state index contributed by atoms with van der Waals surface area (Å²) in [6, 6.07) is 0. The highest BCUT2D eigenvalue weighted by atomic mass is 16.7. The number of hydrogen-bond acceptors (Lipinski definition) is 2. The molecule has 1 aliphatic heterocycles. The monoisotopic (exact) mass is 254 g/mol. The highest BCUT2D eigenvalue weighted by Crippen LogP contribution is 2.54. The summed E-state index contributed by atoms with van der Waals surface area (Å²) in [5.41, 5.74) is 0.302. The Balaban J connectivity index is 2.16. The maximum atomic E-state index is 6.29. The zero-order chi connectivity index (χ0) is 13.4. The molecule has 1 saturated heterocycles. The fraction of sp³-hybridized carbons (Fsp3) is 1.00. The second-order valence-corrected chi connectivity index (χ2v) is 7.59. The predicted molar refractivity (Wildman–Crippen MR) is 74.4 cm³/mol. The Kier molecular flexibility index (Phi) is 3.81. The molecule has 2 aliphatic rings. The number of ether oxygens (including phenoxy) is 2. The highest BCUT2D eigenvalue weighted by molar-refractivity contribution is 4.98. The molecule has 1 atom stereocenters. The lowest BCUT2D eigenvalue weighted by atomic mass is 9.62. The van der Waals surface area contributed by atoms with Gasteiger partial charge < -0.3 is 9.47 Å². The second kappa shape index (κ2) is 4.79. The summed E-state index contributed by atoms with van der Waals surface area (Å²) < 4.78 is 12.6. The summed E-state index contributed by atoms with van der Waals surface area (Å²) in [5, 5.41) is 0. The zero-order valence-corrected chi connectivity index (χ0v) is 12.8. The van der Waals surface area contributed by atoms with Crippen molar-refractivity contribution in [2.75, 3.05) is 13.2 Å². The van der Waals surface area contributed by atoms with E-state index in [1.807, 2.05) is 0 Å². The smallest absolute Gasteiger partial charge is 0.173 e. The van der Waals surface area contributed by atoms with Crippen molar-refractivity contribution in [3.05, 3.63) is 0 Å². The van der Waals surface area contributed by atoms with Gasteiger partial charge in [-0.3, -0.25) is 0 Å². The molecular weight excluding hydrogens is 224 g/mol. The van der Waals surface area contributed by atoms with E-state index >= 15 is 0 Å². The minimum Gasteiger partial charge on any atom is -0.349 e. The van der Waals surface area contributed by atoms with Gasteiger partial charge in [0.1, 0.15) is 0 Å². The van der Waals surface area contributed by atoms with Crippen LogP contribution in [0.3, 0.4) is 0 Å². The lowest BCUT2D eigenvalue weighted by Gasteiger charge is -2.57. The van der Waals surface area contributed by atoms with Crippen molar-refractivity contribution in [1.82, 2.24) is 0 Å². The molecule has 2 rings (SSSR count).